The first-order valence-electron chi connectivity index (χ1n) is 7.18. The lowest BCUT2D eigenvalue weighted by atomic mass is 9.84. The maximum absolute atomic E-state index is 4.96. The Balaban J connectivity index is 1.96. The SMILES string of the molecule is CC1Cc2[nH]c(C3(C)CCCC3)nc2C(C)C1. The average molecular weight is 232 g/mol. The van der Waals surface area contributed by atoms with Gasteiger partial charge in [0.15, 0.2) is 0 Å². The predicted molar refractivity (Wildman–Crippen MR) is 70.3 cm³/mol. The smallest absolute Gasteiger partial charge is 0.112 e. The first kappa shape index (κ1) is 11.3. The van der Waals surface area contributed by atoms with Gasteiger partial charge in [0.1, 0.15) is 5.82 Å². The molecule has 2 atom stereocenters. The van der Waals surface area contributed by atoms with Crippen LogP contribution in [0.15, 0.2) is 0 Å². The van der Waals surface area contributed by atoms with Gasteiger partial charge in [-0.3, -0.25) is 0 Å². The van der Waals surface area contributed by atoms with Crippen molar-refractivity contribution in [2.45, 2.75) is 70.6 Å². The fraction of sp³-hybridized carbons (Fsp3) is 0.800. The summed E-state index contributed by atoms with van der Waals surface area (Å²) in [6, 6.07) is 0. The van der Waals surface area contributed by atoms with E-state index in [-0.39, 0.29) is 0 Å². The Hall–Kier alpha value is -0.790. The van der Waals surface area contributed by atoms with Gasteiger partial charge in [0, 0.05) is 17.0 Å². The first-order chi connectivity index (χ1) is 8.08. The molecule has 2 unspecified atom stereocenters. The predicted octanol–water partition coefficient (Wildman–Crippen LogP) is 3.93. The van der Waals surface area contributed by atoms with Crippen molar-refractivity contribution in [3.8, 4) is 0 Å². The zero-order valence-electron chi connectivity index (χ0n) is 11.3. The van der Waals surface area contributed by atoms with Crippen LogP contribution in [0.1, 0.15) is 76.0 Å². The molecule has 2 aliphatic carbocycles. The summed E-state index contributed by atoms with van der Waals surface area (Å²) in [5.41, 5.74) is 3.13. The van der Waals surface area contributed by atoms with E-state index in [1.165, 1.54) is 55.7 Å². The van der Waals surface area contributed by atoms with Crippen molar-refractivity contribution in [1.82, 2.24) is 9.97 Å². The van der Waals surface area contributed by atoms with Crippen LogP contribution in [0.5, 0.6) is 0 Å². The third-order valence-corrected chi connectivity index (χ3v) is 4.86. The normalized spacial score (nSPS) is 31.5. The number of hydrogen-bond acceptors (Lipinski definition) is 1. The molecule has 2 nitrogen and oxygen atoms in total. The molecule has 1 aromatic heterocycles. The summed E-state index contributed by atoms with van der Waals surface area (Å²) < 4.78 is 0. The van der Waals surface area contributed by atoms with Crippen LogP contribution in [0.2, 0.25) is 0 Å². The summed E-state index contributed by atoms with van der Waals surface area (Å²) in [6.45, 7) is 7.08. The highest BCUT2D eigenvalue weighted by Crippen LogP contribution is 2.41. The van der Waals surface area contributed by atoms with Gasteiger partial charge in [-0.1, -0.05) is 33.6 Å². The lowest BCUT2D eigenvalue weighted by molar-refractivity contribution is 0.440. The van der Waals surface area contributed by atoms with E-state index in [4.69, 9.17) is 4.98 Å². The van der Waals surface area contributed by atoms with E-state index < -0.39 is 0 Å². The van der Waals surface area contributed by atoms with E-state index in [0.29, 0.717) is 11.3 Å². The third kappa shape index (κ3) is 1.82. The van der Waals surface area contributed by atoms with E-state index in [9.17, 15) is 0 Å². The van der Waals surface area contributed by atoms with Crippen molar-refractivity contribution >= 4 is 0 Å². The standard InChI is InChI=1S/C15H24N2/c1-10-8-11(2)13-12(9-10)16-14(17-13)15(3)6-4-5-7-15/h10-11H,4-9H2,1-3H3,(H,16,17). The minimum absolute atomic E-state index is 0.334. The number of aromatic amines is 1. The van der Waals surface area contributed by atoms with Gasteiger partial charge in [-0.2, -0.15) is 0 Å². The van der Waals surface area contributed by atoms with Crippen molar-refractivity contribution in [2.24, 2.45) is 5.92 Å². The Labute approximate surface area is 104 Å². The number of nitrogens with one attached hydrogen (secondary N) is 1. The number of aromatic nitrogens is 2. The molecule has 0 saturated heterocycles. The number of imidazole rings is 1. The Morgan fingerprint density at radius 1 is 1.24 bits per heavy atom. The molecule has 1 heterocycles. The molecule has 0 bridgehead atoms. The van der Waals surface area contributed by atoms with Crippen LogP contribution in [0.25, 0.3) is 0 Å². The van der Waals surface area contributed by atoms with E-state index in [0.717, 1.165) is 5.92 Å². The van der Waals surface area contributed by atoms with Crippen LogP contribution in [0, 0.1) is 5.92 Å². The molecule has 2 heteroatoms. The van der Waals surface area contributed by atoms with E-state index in [1.54, 1.807) is 0 Å². The molecule has 94 valence electrons. The van der Waals surface area contributed by atoms with Crippen molar-refractivity contribution in [2.75, 3.05) is 0 Å². The van der Waals surface area contributed by atoms with Crippen molar-refractivity contribution in [1.29, 1.82) is 0 Å². The third-order valence-electron chi connectivity index (χ3n) is 4.86. The minimum atomic E-state index is 0.334. The highest BCUT2D eigenvalue weighted by atomic mass is 15.0. The molecule has 2 aliphatic rings. The van der Waals surface area contributed by atoms with E-state index >= 15 is 0 Å². The molecule has 0 amide bonds. The molecule has 0 aliphatic heterocycles. The fourth-order valence-electron chi connectivity index (χ4n) is 3.81. The summed E-state index contributed by atoms with van der Waals surface area (Å²) in [4.78, 5) is 8.63. The number of nitrogens with zero attached hydrogens (tertiary/aromatic N) is 1. The average Bonchev–Trinajstić information content (AvgIpc) is 2.84. The van der Waals surface area contributed by atoms with Crippen LogP contribution in [0.3, 0.4) is 0 Å². The molecule has 0 spiro atoms. The molecule has 0 radical (unpaired) electrons. The largest absolute Gasteiger partial charge is 0.345 e. The summed E-state index contributed by atoms with van der Waals surface area (Å²) in [5, 5.41) is 0. The lowest BCUT2D eigenvalue weighted by Gasteiger charge is -2.22. The second-order valence-electron chi connectivity index (χ2n) is 6.66. The minimum Gasteiger partial charge on any atom is -0.345 e. The second-order valence-corrected chi connectivity index (χ2v) is 6.66. The van der Waals surface area contributed by atoms with Gasteiger partial charge >= 0.3 is 0 Å². The molecule has 0 aromatic carbocycles. The molecular weight excluding hydrogens is 208 g/mol. The Morgan fingerprint density at radius 2 is 1.94 bits per heavy atom. The van der Waals surface area contributed by atoms with Gasteiger partial charge < -0.3 is 4.98 Å². The molecule has 1 saturated carbocycles. The number of hydrogen-bond donors (Lipinski definition) is 1. The highest BCUT2D eigenvalue weighted by Gasteiger charge is 2.35. The maximum atomic E-state index is 4.96. The molecule has 1 aromatic rings. The summed E-state index contributed by atoms with van der Waals surface area (Å²) >= 11 is 0. The summed E-state index contributed by atoms with van der Waals surface area (Å²) in [5.74, 6) is 2.73. The topological polar surface area (TPSA) is 28.7 Å². The zero-order chi connectivity index (χ0) is 12.0. The maximum Gasteiger partial charge on any atom is 0.112 e. The van der Waals surface area contributed by atoms with E-state index in [2.05, 4.69) is 25.8 Å². The molecule has 1 fully saturated rings. The van der Waals surface area contributed by atoms with Gasteiger partial charge in [-0.05, 0) is 31.6 Å². The van der Waals surface area contributed by atoms with Crippen LogP contribution in [-0.2, 0) is 11.8 Å². The van der Waals surface area contributed by atoms with E-state index in [1.807, 2.05) is 0 Å². The summed E-state index contributed by atoms with van der Waals surface area (Å²) in [7, 11) is 0. The number of H-pyrrole nitrogens is 1. The van der Waals surface area contributed by atoms with Crippen LogP contribution in [0.4, 0.5) is 0 Å². The monoisotopic (exact) mass is 232 g/mol. The molecule has 17 heavy (non-hydrogen) atoms. The fourth-order valence-corrected chi connectivity index (χ4v) is 3.81. The van der Waals surface area contributed by atoms with Crippen LogP contribution < -0.4 is 0 Å². The quantitative estimate of drug-likeness (QED) is 0.781. The van der Waals surface area contributed by atoms with Crippen molar-refractivity contribution in [3.05, 3.63) is 17.2 Å². The zero-order valence-corrected chi connectivity index (χ0v) is 11.3. The molecular formula is C15H24N2. The number of rotatable bonds is 1. The second kappa shape index (κ2) is 3.86. The molecule has 3 rings (SSSR count). The Kier molecular flexibility index (Phi) is 2.57. The van der Waals surface area contributed by atoms with Crippen molar-refractivity contribution < 1.29 is 0 Å². The van der Waals surface area contributed by atoms with Gasteiger partial charge in [0.05, 0.1) is 5.69 Å². The first-order valence-corrected chi connectivity index (χ1v) is 7.18. The Morgan fingerprint density at radius 3 is 2.65 bits per heavy atom. The summed E-state index contributed by atoms with van der Waals surface area (Å²) in [6.07, 6.45) is 7.85. The number of fused-ring (bicyclic) bond motifs is 1. The van der Waals surface area contributed by atoms with Gasteiger partial charge in [0.25, 0.3) is 0 Å². The molecule has 1 N–H and O–H groups in total. The van der Waals surface area contributed by atoms with Gasteiger partial charge in [-0.25, -0.2) is 4.98 Å². The lowest BCUT2D eigenvalue weighted by Crippen LogP contribution is -2.18. The Bertz CT molecular complexity index is 413. The van der Waals surface area contributed by atoms with Crippen molar-refractivity contribution in [3.63, 3.8) is 0 Å². The van der Waals surface area contributed by atoms with Crippen LogP contribution in [-0.4, -0.2) is 9.97 Å². The van der Waals surface area contributed by atoms with Crippen LogP contribution >= 0.6 is 0 Å². The van der Waals surface area contributed by atoms with Gasteiger partial charge in [0.2, 0.25) is 0 Å². The van der Waals surface area contributed by atoms with Gasteiger partial charge in [-0.15, -0.1) is 0 Å². The highest BCUT2D eigenvalue weighted by molar-refractivity contribution is 5.25.